The van der Waals surface area contributed by atoms with Crippen molar-refractivity contribution < 1.29 is 4.79 Å². The molecule has 0 radical (unpaired) electrons. The number of aromatic nitrogens is 1. The Kier molecular flexibility index (Phi) is 4.47. The van der Waals surface area contributed by atoms with Gasteiger partial charge in [0.15, 0.2) is 0 Å². The molecular formula is C14H13BrN2O. The van der Waals surface area contributed by atoms with Crippen LogP contribution in [0.3, 0.4) is 0 Å². The lowest BCUT2D eigenvalue weighted by Gasteiger charge is -2.05. The van der Waals surface area contributed by atoms with Crippen LogP contribution in [-0.2, 0) is 17.8 Å². The molecule has 1 aromatic heterocycles. The molecule has 0 unspecified atom stereocenters. The van der Waals surface area contributed by atoms with Gasteiger partial charge in [-0.3, -0.25) is 9.78 Å². The molecule has 0 fully saturated rings. The predicted octanol–water partition coefficient (Wildman–Crippen LogP) is 2.70. The second kappa shape index (κ2) is 6.31. The number of pyridine rings is 1. The van der Waals surface area contributed by atoms with Crippen LogP contribution < -0.4 is 5.32 Å². The summed E-state index contributed by atoms with van der Waals surface area (Å²) < 4.78 is 1.02. The van der Waals surface area contributed by atoms with Crippen LogP contribution in [0.1, 0.15) is 11.1 Å². The molecule has 92 valence electrons. The highest BCUT2D eigenvalue weighted by atomic mass is 79.9. The first-order valence-corrected chi connectivity index (χ1v) is 6.43. The lowest BCUT2D eigenvalue weighted by atomic mass is 10.2. The summed E-state index contributed by atoms with van der Waals surface area (Å²) in [4.78, 5) is 15.7. The lowest BCUT2D eigenvalue weighted by Crippen LogP contribution is -2.24. The average molecular weight is 305 g/mol. The maximum atomic E-state index is 11.7. The van der Waals surface area contributed by atoms with Gasteiger partial charge in [0.2, 0.25) is 5.91 Å². The number of rotatable bonds is 4. The van der Waals surface area contributed by atoms with Crippen LogP contribution in [0.4, 0.5) is 0 Å². The van der Waals surface area contributed by atoms with Crippen LogP contribution in [0.5, 0.6) is 0 Å². The largest absolute Gasteiger partial charge is 0.352 e. The minimum atomic E-state index is 0.00276. The van der Waals surface area contributed by atoms with Gasteiger partial charge in [0.25, 0.3) is 0 Å². The van der Waals surface area contributed by atoms with E-state index >= 15 is 0 Å². The number of amides is 1. The maximum Gasteiger partial charge on any atom is 0.224 e. The van der Waals surface area contributed by atoms with Crippen molar-refractivity contribution in [3.8, 4) is 0 Å². The highest BCUT2D eigenvalue weighted by Crippen LogP contribution is 2.11. The van der Waals surface area contributed by atoms with Gasteiger partial charge < -0.3 is 5.32 Å². The quantitative estimate of drug-likeness (QED) is 0.943. The minimum absolute atomic E-state index is 0.00276. The Bertz CT molecular complexity index is 528. The van der Waals surface area contributed by atoms with E-state index in [4.69, 9.17) is 0 Å². The van der Waals surface area contributed by atoms with E-state index in [2.05, 4.69) is 26.2 Å². The van der Waals surface area contributed by atoms with E-state index in [1.54, 1.807) is 12.4 Å². The second-order valence-corrected chi connectivity index (χ2v) is 4.86. The molecule has 0 saturated carbocycles. The van der Waals surface area contributed by atoms with Crippen LogP contribution in [-0.4, -0.2) is 10.9 Å². The summed E-state index contributed by atoms with van der Waals surface area (Å²) in [5.74, 6) is 0.00276. The van der Waals surface area contributed by atoms with Crippen LogP contribution in [0.2, 0.25) is 0 Å². The molecule has 0 atom stereocenters. The first-order chi connectivity index (χ1) is 8.74. The fraction of sp³-hybridized carbons (Fsp3) is 0.143. The summed E-state index contributed by atoms with van der Waals surface area (Å²) in [5, 5.41) is 2.89. The van der Waals surface area contributed by atoms with Gasteiger partial charge in [-0.25, -0.2) is 0 Å². The zero-order valence-electron chi connectivity index (χ0n) is 9.77. The van der Waals surface area contributed by atoms with Crippen molar-refractivity contribution in [2.75, 3.05) is 0 Å². The third kappa shape index (κ3) is 3.96. The molecule has 2 aromatic rings. The Labute approximate surface area is 114 Å². The van der Waals surface area contributed by atoms with E-state index < -0.39 is 0 Å². The SMILES string of the molecule is O=C(Cc1cccnc1)NCc1cccc(Br)c1. The van der Waals surface area contributed by atoms with Crippen molar-refractivity contribution in [1.82, 2.24) is 10.3 Å². The van der Waals surface area contributed by atoms with E-state index in [0.717, 1.165) is 15.6 Å². The molecule has 2 rings (SSSR count). The summed E-state index contributed by atoms with van der Waals surface area (Å²) in [6, 6.07) is 11.6. The van der Waals surface area contributed by atoms with E-state index in [9.17, 15) is 4.79 Å². The number of carbonyl (C=O) groups is 1. The fourth-order valence-electron chi connectivity index (χ4n) is 1.60. The van der Waals surface area contributed by atoms with Gasteiger partial charge in [-0.2, -0.15) is 0 Å². The molecule has 0 aliphatic heterocycles. The zero-order chi connectivity index (χ0) is 12.8. The number of nitrogens with zero attached hydrogens (tertiary/aromatic N) is 1. The Hall–Kier alpha value is -1.68. The monoisotopic (exact) mass is 304 g/mol. The molecule has 1 N–H and O–H groups in total. The van der Waals surface area contributed by atoms with Crippen molar-refractivity contribution in [2.24, 2.45) is 0 Å². The van der Waals surface area contributed by atoms with Crippen LogP contribution in [0.25, 0.3) is 0 Å². The molecule has 1 aromatic carbocycles. The maximum absolute atomic E-state index is 11.7. The molecule has 1 amide bonds. The molecule has 1 heterocycles. The minimum Gasteiger partial charge on any atom is -0.352 e. The van der Waals surface area contributed by atoms with Gasteiger partial charge in [-0.05, 0) is 29.3 Å². The number of carbonyl (C=O) groups excluding carboxylic acids is 1. The summed E-state index contributed by atoms with van der Waals surface area (Å²) in [5.41, 5.74) is 1.99. The molecule has 0 aliphatic rings. The van der Waals surface area contributed by atoms with Crippen molar-refractivity contribution in [1.29, 1.82) is 0 Å². The highest BCUT2D eigenvalue weighted by Gasteiger charge is 2.03. The topological polar surface area (TPSA) is 42.0 Å². The standard InChI is InChI=1S/C14H13BrN2O/c15-13-5-1-3-11(7-13)10-17-14(18)8-12-4-2-6-16-9-12/h1-7,9H,8,10H2,(H,17,18). The fourth-order valence-corrected chi connectivity index (χ4v) is 2.04. The van der Waals surface area contributed by atoms with E-state index in [0.29, 0.717) is 13.0 Å². The van der Waals surface area contributed by atoms with E-state index in [1.807, 2.05) is 36.4 Å². The normalized spacial score (nSPS) is 10.1. The van der Waals surface area contributed by atoms with E-state index in [-0.39, 0.29) is 5.91 Å². The number of benzene rings is 1. The zero-order valence-corrected chi connectivity index (χ0v) is 11.4. The number of hydrogen-bond donors (Lipinski definition) is 1. The van der Waals surface area contributed by atoms with Crippen molar-refractivity contribution >= 4 is 21.8 Å². The van der Waals surface area contributed by atoms with Gasteiger partial charge in [0.05, 0.1) is 6.42 Å². The smallest absolute Gasteiger partial charge is 0.224 e. The molecule has 0 bridgehead atoms. The van der Waals surface area contributed by atoms with Gasteiger partial charge in [-0.1, -0.05) is 34.1 Å². The van der Waals surface area contributed by atoms with Crippen LogP contribution in [0, 0.1) is 0 Å². The Morgan fingerprint density at radius 1 is 1.22 bits per heavy atom. The number of hydrogen-bond acceptors (Lipinski definition) is 2. The van der Waals surface area contributed by atoms with Crippen molar-refractivity contribution in [2.45, 2.75) is 13.0 Å². The Balaban J connectivity index is 1.85. The Morgan fingerprint density at radius 3 is 2.78 bits per heavy atom. The number of nitrogens with one attached hydrogen (secondary N) is 1. The van der Waals surface area contributed by atoms with Gasteiger partial charge in [0.1, 0.15) is 0 Å². The van der Waals surface area contributed by atoms with Crippen LogP contribution >= 0.6 is 15.9 Å². The molecule has 3 nitrogen and oxygen atoms in total. The summed E-state index contributed by atoms with van der Waals surface area (Å²) in [6.07, 6.45) is 3.77. The lowest BCUT2D eigenvalue weighted by molar-refractivity contribution is -0.120. The summed E-state index contributed by atoms with van der Waals surface area (Å²) in [7, 11) is 0. The third-order valence-corrected chi connectivity index (χ3v) is 2.96. The van der Waals surface area contributed by atoms with Gasteiger partial charge in [-0.15, -0.1) is 0 Å². The molecule has 0 spiro atoms. The van der Waals surface area contributed by atoms with Crippen molar-refractivity contribution in [3.05, 3.63) is 64.4 Å². The van der Waals surface area contributed by atoms with Gasteiger partial charge in [0, 0.05) is 23.4 Å². The molecule has 18 heavy (non-hydrogen) atoms. The first-order valence-electron chi connectivity index (χ1n) is 5.64. The Morgan fingerprint density at radius 2 is 2.06 bits per heavy atom. The molecular weight excluding hydrogens is 292 g/mol. The average Bonchev–Trinajstić information content (AvgIpc) is 2.38. The summed E-state index contributed by atoms with van der Waals surface area (Å²) >= 11 is 3.40. The molecule has 0 aliphatic carbocycles. The number of halogens is 1. The predicted molar refractivity (Wildman–Crippen MR) is 73.9 cm³/mol. The second-order valence-electron chi connectivity index (χ2n) is 3.94. The highest BCUT2D eigenvalue weighted by molar-refractivity contribution is 9.10. The molecule has 0 saturated heterocycles. The first kappa shape index (κ1) is 12.8. The van der Waals surface area contributed by atoms with Crippen LogP contribution in [0.15, 0.2) is 53.3 Å². The van der Waals surface area contributed by atoms with Gasteiger partial charge >= 0.3 is 0 Å². The summed E-state index contributed by atoms with van der Waals surface area (Å²) in [6.45, 7) is 0.540. The van der Waals surface area contributed by atoms with E-state index in [1.165, 1.54) is 0 Å². The van der Waals surface area contributed by atoms with Crippen molar-refractivity contribution in [3.63, 3.8) is 0 Å². The molecule has 4 heteroatoms. The third-order valence-electron chi connectivity index (χ3n) is 2.47.